The van der Waals surface area contributed by atoms with E-state index in [-0.39, 0.29) is 23.0 Å². The van der Waals surface area contributed by atoms with Gasteiger partial charge in [-0.05, 0) is 74.7 Å². The van der Waals surface area contributed by atoms with Gasteiger partial charge in [-0.1, -0.05) is 14.6 Å². The molecule has 5 nitrogen and oxygen atoms in total. The largest absolute Gasteiger partial charge is 0.465 e. The van der Waals surface area contributed by atoms with Crippen molar-refractivity contribution in [2.24, 2.45) is 5.41 Å². The van der Waals surface area contributed by atoms with Gasteiger partial charge in [0.05, 0.1) is 24.9 Å². The summed E-state index contributed by atoms with van der Waals surface area (Å²) in [4.78, 5) is 26.9. The van der Waals surface area contributed by atoms with Crippen molar-refractivity contribution in [1.29, 1.82) is 0 Å². The number of nitrogens with zero attached hydrogens (tertiary/aromatic N) is 1. The molecule has 3 saturated heterocycles. The van der Waals surface area contributed by atoms with Crippen LogP contribution in [0.4, 0.5) is 0 Å². The van der Waals surface area contributed by atoms with Crippen LogP contribution in [-0.4, -0.2) is 55.8 Å². The minimum absolute atomic E-state index is 0.0557. The molecule has 0 aliphatic carbocycles. The third kappa shape index (κ3) is 3.52. The third-order valence-corrected chi connectivity index (χ3v) is 7.89. The van der Waals surface area contributed by atoms with E-state index in [1.807, 2.05) is 18.2 Å². The van der Waals surface area contributed by atoms with Gasteiger partial charge in [0.15, 0.2) is 0 Å². The van der Waals surface area contributed by atoms with E-state index < -0.39 is 0 Å². The number of methoxy groups -OCH3 is 1. The molecule has 4 heterocycles. The second-order valence-electron chi connectivity index (χ2n) is 7.80. The zero-order valence-electron chi connectivity index (χ0n) is 15.3. The van der Waals surface area contributed by atoms with E-state index in [4.69, 9.17) is 9.47 Å². The van der Waals surface area contributed by atoms with Gasteiger partial charge >= 0.3 is 11.9 Å². The number of hydrogen-bond acceptors (Lipinski definition) is 5. The van der Waals surface area contributed by atoms with E-state index in [9.17, 15) is 9.59 Å². The maximum absolute atomic E-state index is 12.7. The maximum atomic E-state index is 12.7. The molecule has 0 N–H and O–H groups in total. The predicted molar refractivity (Wildman–Crippen MR) is 102 cm³/mol. The Labute approximate surface area is 156 Å². The van der Waals surface area contributed by atoms with Crippen molar-refractivity contribution in [3.8, 4) is 0 Å². The highest BCUT2D eigenvalue weighted by molar-refractivity contribution is 7.49. The number of carbonyl (C=O) groups excluding carboxylic acids is 2. The van der Waals surface area contributed by atoms with Gasteiger partial charge in [-0.2, -0.15) is 0 Å². The molecule has 3 fully saturated rings. The molecule has 2 bridgehead atoms. The number of benzene rings is 1. The monoisotopic (exact) mass is 375 g/mol. The summed E-state index contributed by atoms with van der Waals surface area (Å²) in [5, 5.41) is 1.10. The number of fused-ring (bicyclic) bond motifs is 4. The number of carbonyl (C=O) groups is 2. The lowest BCUT2D eigenvalue weighted by molar-refractivity contribution is -0.150. The summed E-state index contributed by atoms with van der Waals surface area (Å²) < 4.78 is 10.6. The van der Waals surface area contributed by atoms with Gasteiger partial charge in [0.2, 0.25) is 0 Å². The molecule has 0 saturated carbocycles. The summed E-state index contributed by atoms with van der Waals surface area (Å²) in [6.45, 7) is 4.01. The molecule has 140 valence electrons. The first kappa shape index (κ1) is 17.9. The molecule has 0 amide bonds. The topological polar surface area (TPSA) is 55.8 Å². The highest BCUT2D eigenvalue weighted by Crippen LogP contribution is 2.40. The summed E-state index contributed by atoms with van der Waals surface area (Å²) in [5.41, 5.74) is 1.94. The Hall–Kier alpha value is -1.45. The lowest BCUT2D eigenvalue weighted by atomic mass is 9.73. The Morgan fingerprint density at radius 1 is 1.23 bits per heavy atom. The first-order valence-corrected chi connectivity index (χ1v) is 10.5. The van der Waals surface area contributed by atoms with E-state index in [2.05, 4.69) is 4.90 Å². The predicted octanol–water partition coefficient (Wildman–Crippen LogP) is 2.12. The van der Waals surface area contributed by atoms with E-state index in [1.165, 1.54) is 12.7 Å². The van der Waals surface area contributed by atoms with Crippen molar-refractivity contribution in [3.63, 3.8) is 0 Å². The van der Waals surface area contributed by atoms with Gasteiger partial charge in [-0.25, -0.2) is 4.79 Å². The van der Waals surface area contributed by atoms with E-state index in [0.29, 0.717) is 20.8 Å². The standard InChI is InChI=1S/C20H26NO4P/c1-24-18(22)15-3-2-14-4-5-16(26-17(14)12-15)19(23)25-13-20-6-9-21(10-7-20)11-8-20/h2-3,12,16,26H,4-11,13H2,1H3. The van der Waals surface area contributed by atoms with Crippen LogP contribution in [0.25, 0.3) is 0 Å². The molecule has 2 atom stereocenters. The molecular formula is C20H26NO4P. The fourth-order valence-electron chi connectivity index (χ4n) is 4.35. The molecule has 4 aliphatic heterocycles. The minimum atomic E-state index is -0.329. The molecule has 2 unspecified atom stereocenters. The number of esters is 2. The second-order valence-corrected chi connectivity index (χ2v) is 9.32. The summed E-state index contributed by atoms with van der Waals surface area (Å²) >= 11 is 0. The Bertz CT molecular complexity index is 698. The first-order valence-electron chi connectivity index (χ1n) is 9.45. The zero-order valence-corrected chi connectivity index (χ0v) is 16.3. The number of piperidine rings is 3. The average Bonchev–Trinajstić information content (AvgIpc) is 2.72. The summed E-state index contributed by atoms with van der Waals surface area (Å²) in [6.07, 6.45) is 5.15. The van der Waals surface area contributed by atoms with Crippen LogP contribution in [0.15, 0.2) is 18.2 Å². The third-order valence-electron chi connectivity index (χ3n) is 6.24. The number of ether oxygens (including phenoxy) is 2. The summed E-state index contributed by atoms with van der Waals surface area (Å²) in [6, 6.07) is 5.68. The molecule has 0 aromatic heterocycles. The van der Waals surface area contributed by atoms with Crippen LogP contribution in [0.5, 0.6) is 0 Å². The SMILES string of the molecule is COC(=O)c1ccc2c(c1)PC(C(=O)OCC13CCN(CC1)CC3)CC2. The van der Waals surface area contributed by atoms with E-state index in [0.717, 1.165) is 57.0 Å². The number of rotatable bonds is 4. The van der Waals surface area contributed by atoms with Crippen LogP contribution >= 0.6 is 8.58 Å². The number of aryl methyl sites for hydroxylation is 1. The van der Waals surface area contributed by atoms with Crippen molar-refractivity contribution < 1.29 is 19.1 Å². The Morgan fingerprint density at radius 3 is 2.65 bits per heavy atom. The molecule has 0 spiro atoms. The highest BCUT2D eigenvalue weighted by atomic mass is 31.1. The quantitative estimate of drug-likeness (QED) is 0.596. The van der Waals surface area contributed by atoms with E-state index in [1.54, 1.807) is 0 Å². The first-order chi connectivity index (χ1) is 12.6. The van der Waals surface area contributed by atoms with Crippen LogP contribution in [0, 0.1) is 5.41 Å². The summed E-state index contributed by atoms with van der Waals surface area (Å²) in [7, 11) is 1.75. The molecule has 1 aromatic rings. The van der Waals surface area contributed by atoms with Crippen molar-refractivity contribution >= 4 is 25.8 Å². The zero-order chi connectivity index (χ0) is 18.1. The van der Waals surface area contributed by atoms with Crippen molar-refractivity contribution in [3.05, 3.63) is 29.3 Å². The van der Waals surface area contributed by atoms with Gasteiger partial charge in [-0.15, -0.1) is 0 Å². The van der Waals surface area contributed by atoms with Crippen molar-refractivity contribution in [1.82, 2.24) is 4.90 Å². The van der Waals surface area contributed by atoms with Gasteiger partial charge in [-0.3, -0.25) is 4.79 Å². The molecule has 4 aliphatic rings. The van der Waals surface area contributed by atoms with E-state index >= 15 is 0 Å². The van der Waals surface area contributed by atoms with Gasteiger partial charge in [0, 0.05) is 5.41 Å². The lowest BCUT2D eigenvalue weighted by Crippen LogP contribution is -2.50. The van der Waals surface area contributed by atoms with Gasteiger partial charge in [0.25, 0.3) is 0 Å². The van der Waals surface area contributed by atoms with Gasteiger partial charge < -0.3 is 14.4 Å². The highest BCUT2D eigenvalue weighted by Gasteiger charge is 2.40. The normalized spacial score (nSPS) is 30.7. The molecule has 1 aromatic carbocycles. The Kier molecular flexibility index (Phi) is 5.02. The maximum Gasteiger partial charge on any atom is 0.337 e. The molecule has 0 radical (unpaired) electrons. The van der Waals surface area contributed by atoms with Crippen molar-refractivity contribution in [2.75, 3.05) is 33.4 Å². The van der Waals surface area contributed by atoms with Gasteiger partial charge in [0.1, 0.15) is 0 Å². The Morgan fingerprint density at radius 2 is 1.96 bits per heavy atom. The van der Waals surface area contributed by atoms with Crippen LogP contribution in [0.2, 0.25) is 0 Å². The average molecular weight is 375 g/mol. The Balaban J connectivity index is 1.38. The molecular weight excluding hydrogens is 349 g/mol. The van der Waals surface area contributed by atoms with Crippen LogP contribution in [-0.2, 0) is 20.7 Å². The second kappa shape index (κ2) is 7.28. The number of hydrogen-bond donors (Lipinski definition) is 0. The molecule has 6 heteroatoms. The van der Waals surface area contributed by atoms with Crippen LogP contribution in [0.1, 0.15) is 41.6 Å². The summed E-state index contributed by atoms with van der Waals surface area (Å²) in [5.74, 6) is -0.384. The van der Waals surface area contributed by atoms with Crippen LogP contribution < -0.4 is 5.30 Å². The fourth-order valence-corrected chi connectivity index (χ4v) is 5.85. The van der Waals surface area contributed by atoms with Crippen LogP contribution in [0.3, 0.4) is 0 Å². The fraction of sp³-hybridized carbons (Fsp3) is 0.600. The minimum Gasteiger partial charge on any atom is -0.465 e. The lowest BCUT2D eigenvalue weighted by Gasteiger charge is -2.48. The smallest absolute Gasteiger partial charge is 0.337 e. The molecule has 5 rings (SSSR count). The van der Waals surface area contributed by atoms with Crippen molar-refractivity contribution in [2.45, 2.75) is 37.8 Å². The molecule has 26 heavy (non-hydrogen) atoms.